The molecule has 1 saturated heterocycles. The molecule has 0 N–H and O–H groups in total. The number of rotatable bonds is 1. The summed E-state index contributed by atoms with van der Waals surface area (Å²) in [4.78, 5) is 24.0. The van der Waals surface area contributed by atoms with Crippen LogP contribution < -0.4 is 0 Å². The van der Waals surface area contributed by atoms with Gasteiger partial charge in [-0.2, -0.15) is 0 Å². The molecule has 3 nitrogen and oxygen atoms in total. The van der Waals surface area contributed by atoms with Crippen molar-refractivity contribution in [2.24, 2.45) is 5.92 Å². The van der Waals surface area contributed by atoms with Crippen LogP contribution in [0.5, 0.6) is 0 Å². The first-order valence-corrected chi connectivity index (χ1v) is 3.83. The van der Waals surface area contributed by atoms with Crippen LogP contribution in [0.25, 0.3) is 0 Å². The number of Topliss-reactive ketones (excluding diaryl/α,β-unsaturated/α-hetero) is 2. The van der Waals surface area contributed by atoms with Gasteiger partial charge in [-0.05, 0) is 26.9 Å². The normalized spacial score (nSPS) is 27.1. The fourth-order valence-electron chi connectivity index (χ4n) is 1.40. The zero-order valence-electron chi connectivity index (χ0n) is 6.96. The molecule has 1 unspecified atom stereocenters. The van der Waals surface area contributed by atoms with Gasteiger partial charge in [-0.3, -0.25) is 14.5 Å². The van der Waals surface area contributed by atoms with E-state index in [4.69, 9.17) is 0 Å². The molecule has 1 rings (SSSR count). The van der Waals surface area contributed by atoms with E-state index in [-0.39, 0.29) is 17.5 Å². The van der Waals surface area contributed by atoms with Crippen LogP contribution in [0.3, 0.4) is 0 Å². The summed E-state index contributed by atoms with van der Waals surface area (Å²) in [6.07, 6.45) is 0.699. The van der Waals surface area contributed by atoms with Crippen LogP contribution in [0.1, 0.15) is 13.3 Å². The lowest BCUT2D eigenvalue weighted by molar-refractivity contribution is -0.134. The van der Waals surface area contributed by atoms with Gasteiger partial charge in [0.2, 0.25) is 0 Å². The van der Waals surface area contributed by atoms with E-state index in [0.29, 0.717) is 13.0 Å². The van der Waals surface area contributed by atoms with Crippen LogP contribution in [0.4, 0.5) is 0 Å². The van der Waals surface area contributed by atoms with E-state index in [0.717, 1.165) is 6.54 Å². The second-order valence-corrected chi connectivity index (χ2v) is 3.16. The molecule has 0 aromatic heterocycles. The van der Waals surface area contributed by atoms with Crippen molar-refractivity contribution in [3.05, 3.63) is 0 Å². The maximum absolute atomic E-state index is 11.2. The van der Waals surface area contributed by atoms with Gasteiger partial charge in [0.1, 0.15) is 5.78 Å². The lowest BCUT2D eigenvalue weighted by Crippen LogP contribution is -2.40. The van der Waals surface area contributed by atoms with Crippen LogP contribution in [-0.4, -0.2) is 36.6 Å². The van der Waals surface area contributed by atoms with Crippen molar-refractivity contribution in [1.29, 1.82) is 0 Å². The van der Waals surface area contributed by atoms with E-state index >= 15 is 0 Å². The monoisotopic (exact) mass is 155 g/mol. The number of ketones is 2. The fraction of sp³-hybridized carbons (Fsp3) is 0.750. The van der Waals surface area contributed by atoms with Crippen molar-refractivity contribution >= 4 is 11.6 Å². The Bertz CT molecular complexity index is 189. The third-order valence-electron chi connectivity index (χ3n) is 2.10. The third kappa shape index (κ3) is 1.87. The Morgan fingerprint density at radius 2 is 2.27 bits per heavy atom. The van der Waals surface area contributed by atoms with Gasteiger partial charge in [-0.15, -0.1) is 0 Å². The Hall–Kier alpha value is -0.700. The molecule has 0 radical (unpaired) electrons. The molecule has 62 valence electrons. The fourth-order valence-corrected chi connectivity index (χ4v) is 1.40. The van der Waals surface area contributed by atoms with E-state index in [2.05, 4.69) is 0 Å². The molecular weight excluding hydrogens is 142 g/mol. The minimum absolute atomic E-state index is 0.0168. The molecular formula is C8H13NO2. The number of hydrogen-bond donors (Lipinski definition) is 0. The number of nitrogens with zero attached hydrogens (tertiary/aromatic N) is 1. The first kappa shape index (κ1) is 8.40. The SMILES string of the molecule is CC(=O)C1CCN(C)CC1=O. The largest absolute Gasteiger partial charge is 0.299 e. The summed E-state index contributed by atoms with van der Waals surface area (Å²) in [5.74, 6) is -0.222. The molecule has 1 aliphatic heterocycles. The number of likely N-dealkylation sites (tertiary alicyclic amines) is 1. The Labute approximate surface area is 66.4 Å². The number of carbonyl (C=O) groups is 2. The van der Waals surface area contributed by atoms with Crippen LogP contribution in [-0.2, 0) is 9.59 Å². The van der Waals surface area contributed by atoms with Crippen molar-refractivity contribution in [2.75, 3.05) is 20.1 Å². The average molecular weight is 155 g/mol. The molecule has 0 aliphatic carbocycles. The Kier molecular flexibility index (Phi) is 2.39. The quantitative estimate of drug-likeness (QED) is 0.504. The summed E-state index contributed by atoms with van der Waals surface area (Å²) in [7, 11) is 1.90. The predicted molar refractivity (Wildman–Crippen MR) is 41.3 cm³/mol. The van der Waals surface area contributed by atoms with Crippen molar-refractivity contribution < 1.29 is 9.59 Å². The second-order valence-electron chi connectivity index (χ2n) is 3.16. The molecule has 1 atom stereocenters. The standard InChI is InChI=1S/C8H13NO2/c1-6(10)7-3-4-9(2)5-8(7)11/h7H,3-5H2,1-2H3. The summed E-state index contributed by atoms with van der Waals surface area (Å²) in [5.41, 5.74) is 0. The minimum Gasteiger partial charge on any atom is -0.299 e. The van der Waals surface area contributed by atoms with Gasteiger partial charge in [0, 0.05) is 0 Å². The molecule has 0 saturated carbocycles. The van der Waals surface area contributed by atoms with E-state index in [1.807, 2.05) is 11.9 Å². The molecule has 0 aromatic rings. The van der Waals surface area contributed by atoms with Gasteiger partial charge in [-0.25, -0.2) is 0 Å². The molecule has 1 heterocycles. The van der Waals surface area contributed by atoms with Gasteiger partial charge < -0.3 is 0 Å². The summed E-state index contributed by atoms with van der Waals surface area (Å²) < 4.78 is 0. The van der Waals surface area contributed by atoms with E-state index < -0.39 is 0 Å². The molecule has 1 fully saturated rings. The molecule has 11 heavy (non-hydrogen) atoms. The minimum atomic E-state index is -0.314. The maximum atomic E-state index is 11.2. The zero-order chi connectivity index (χ0) is 8.43. The van der Waals surface area contributed by atoms with Crippen molar-refractivity contribution in [2.45, 2.75) is 13.3 Å². The third-order valence-corrected chi connectivity index (χ3v) is 2.10. The Balaban J connectivity index is 2.58. The molecule has 0 aromatic carbocycles. The smallest absolute Gasteiger partial charge is 0.157 e. The lowest BCUT2D eigenvalue weighted by atomic mass is 9.92. The second kappa shape index (κ2) is 3.13. The molecule has 0 bridgehead atoms. The van der Waals surface area contributed by atoms with Crippen LogP contribution in [0, 0.1) is 5.92 Å². The zero-order valence-corrected chi connectivity index (χ0v) is 6.96. The molecule has 0 spiro atoms. The highest BCUT2D eigenvalue weighted by molar-refractivity contribution is 6.02. The van der Waals surface area contributed by atoms with Gasteiger partial charge in [0.25, 0.3) is 0 Å². The van der Waals surface area contributed by atoms with Crippen molar-refractivity contribution in [3.63, 3.8) is 0 Å². The molecule has 1 aliphatic rings. The van der Waals surface area contributed by atoms with Crippen LogP contribution in [0.15, 0.2) is 0 Å². The lowest BCUT2D eigenvalue weighted by Gasteiger charge is -2.25. The first-order chi connectivity index (χ1) is 5.11. The van der Waals surface area contributed by atoms with Crippen molar-refractivity contribution in [3.8, 4) is 0 Å². The summed E-state index contributed by atoms with van der Waals surface area (Å²) in [6.45, 7) is 2.79. The molecule has 3 heteroatoms. The van der Waals surface area contributed by atoms with E-state index in [9.17, 15) is 9.59 Å². The van der Waals surface area contributed by atoms with Gasteiger partial charge in [-0.1, -0.05) is 0 Å². The first-order valence-electron chi connectivity index (χ1n) is 3.83. The number of likely N-dealkylation sites (N-methyl/N-ethyl adjacent to an activating group) is 1. The average Bonchev–Trinajstić information content (AvgIpc) is 1.85. The highest BCUT2D eigenvalue weighted by Crippen LogP contribution is 2.12. The maximum Gasteiger partial charge on any atom is 0.157 e. The Morgan fingerprint density at radius 1 is 1.64 bits per heavy atom. The molecule has 0 amide bonds. The number of hydrogen-bond acceptors (Lipinski definition) is 3. The van der Waals surface area contributed by atoms with Gasteiger partial charge in [0.15, 0.2) is 5.78 Å². The van der Waals surface area contributed by atoms with E-state index in [1.54, 1.807) is 0 Å². The summed E-state index contributed by atoms with van der Waals surface area (Å²) >= 11 is 0. The van der Waals surface area contributed by atoms with Gasteiger partial charge in [0.05, 0.1) is 12.5 Å². The van der Waals surface area contributed by atoms with Crippen molar-refractivity contribution in [1.82, 2.24) is 4.90 Å². The summed E-state index contributed by atoms with van der Waals surface area (Å²) in [5, 5.41) is 0. The highest BCUT2D eigenvalue weighted by atomic mass is 16.2. The number of carbonyl (C=O) groups excluding carboxylic acids is 2. The highest BCUT2D eigenvalue weighted by Gasteiger charge is 2.28. The van der Waals surface area contributed by atoms with Gasteiger partial charge >= 0.3 is 0 Å². The topological polar surface area (TPSA) is 37.4 Å². The van der Waals surface area contributed by atoms with Crippen LogP contribution in [0.2, 0.25) is 0 Å². The summed E-state index contributed by atoms with van der Waals surface area (Å²) in [6, 6.07) is 0. The van der Waals surface area contributed by atoms with E-state index in [1.165, 1.54) is 6.92 Å². The predicted octanol–water partition coefficient (Wildman–Crippen LogP) is 0.0962. The number of piperidine rings is 1. The van der Waals surface area contributed by atoms with Crippen LogP contribution >= 0.6 is 0 Å². The Morgan fingerprint density at radius 3 is 2.73 bits per heavy atom.